The molecule has 1 saturated carbocycles. The first-order valence-corrected chi connectivity index (χ1v) is 7.51. The van der Waals surface area contributed by atoms with E-state index in [1.165, 1.54) is 11.3 Å². The summed E-state index contributed by atoms with van der Waals surface area (Å²) in [7, 11) is 3.12. The molecule has 0 aromatic carbocycles. The number of hydrogen-bond acceptors (Lipinski definition) is 6. The highest BCUT2D eigenvalue weighted by molar-refractivity contribution is 7.19. The molecule has 7 heteroatoms. The highest BCUT2D eigenvalue weighted by Crippen LogP contribution is 2.43. The smallest absolute Gasteiger partial charge is 0.263 e. The maximum Gasteiger partial charge on any atom is 0.263 e. The Labute approximate surface area is 122 Å². The molecule has 20 heavy (non-hydrogen) atoms. The number of amides is 1. The van der Waals surface area contributed by atoms with Gasteiger partial charge in [-0.05, 0) is 25.7 Å². The quantitative estimate of drug-likeness (QED) is 0.674. The second-order valence-corrected chi connectivity index (χ2v) is 5.96. The van der Waals surface area contributed by atoms with Gasteiger partial charge in [0.2, 0.25) is 0 Å². The summed E-state index contributed by atoms with van der Waals surface area (Å²) in [5.74, 6) is 0.317. The number of thiophene rings is 1. The lowest BCUT2D eigenvalue weighted by Gasteiger charge is -2.26. The van der Waals surface area contributed by atoms with Crippen molar-refractivity contribution in [3.8, 4) is 5.75 Å². The van der Waals surface area contributed by atoms with E-state index in [2.05, 4.69) is 10.6 Å². The zero-order valence-electron chi connectivity index (χ0n) is 11.7. The Morgan fingerprint density at radius 3 is 2.60 bits per heavy atom. The van der Waals surface area contributed by atoms with Crippen LogP contribution in [0, 0.1) is 0 Å². The molecule has 1 aliphatic carbocycles. The number of methoxy groups -OCH3 is 1. The molecular weight excluding hydrogens is 278 g/mol. The molecule has 6 nitrogen and oxygen atoms in total. The Kier molecular flexibility index (Phi) is 4.72. The fourth-order valence-corrected chi connectivity index (χ4v) is 3.53. The zero-order chi connectivity index (χ0) is 14.7. The second-order valence-electron chi connectivity index (χ2n) is 4.94. The molecule has 0 bridgehead atoms. The van der Waals surface area contributed by atoms with Crippen LogP contribution in [0.2, 0.25) is 0 Å². The van der Waals surface area contributed by atoms with E-state index in [9.17, 15) is 9.90 Å². The van der Waals surface area contributed by atoms with Crippen LogP contribution in [0.1, 0.15) is 35.4 Å². The van der Waals surface area contributed by atoms with E-state index in [1.54, 1.807) is 14.2 Å². The number of nitrogen functional groups attached to an aromatic ring is 1. The van der Waals surface area contributed by atoms with Crippen molar-refractivity contribution in [2.45, 2.75) is 37.8 Å². The van der Waals surface area contributed by atoms with Gasteiger partial charge in [0.25, 0.3) is 5.91 Å². The van der Waals surface area contributed by atoms with Crippen LogP contribution in [0.25, 0.3) is 0 Å². The second kappa shape index (κ2) is 6.32. The number of anilines is 2. The van der Waals surface area contributed by atoms with E-state index in [-0.39, 0.29) is 18.1 Å². The number of carbonyl (C=O) groups excluding carboxylic acids is 1. The summed E-state index contributed by atoms with van der Waals surface area (Å²) >= 11 is 1.30. The Hall–Kier alpha value is -1.47. The summed E-state index contributed by atoms with van der Waals surface area (Å²) in [5, 5.41) is 16.3. The third-order valence-corrected chi connectivity index (χ3v) is 4.69. The van der Waals surface area contributed by atoms with Crippen LogP contribution in [0.15, 0.2) is 0 Å². The van der Waals surface area contributed by atoms with Gasteiger partial charge in [0.05, 0.1) is 13.2 Å². The summed E-state index contributed by atoms with van der Waals surface area (Å²) in [6, 6.07) is 0.280. The number of aliphatic hydroxyl groups excluding tert-OH is 1. The first-order chi connectivity index (χ1) is 9.56. The van der Waals surface area contributed by atoms with Gasteiger partial charge in [-0.3, -0.25) is 4.79 Å². The zero-order valence-corrected chi connectivity index (χ0v) is 12.5. The normalized spacial score (nSPS) is 22.4. The molecule has 2 rings (SSSR count). The molecule has 0 atom stereocenters. The highest BCUT2D eigenvalue weighted by atomic mass is 32.1. The monoisotopic (exact) mass is 299 g/mol. The Bertz CT molecular complexity index is 481. The molecule has 1 aromatic heterocycles. The molecular formula is C13H21N3O3S. The molecule has 1 heterocycles. The van der Waals surface area contributed by atoms with E-state index < -0.39 is 0 Å². The van der Waals surface area contributed by atoms with Crippen LogP contribution in [-0.4, -0.2) is 37.3 Å². The van der Waals surface area contributed by atoms with Crippen molar-refractivity contribution in [2.24, 2.45) is 0 Å². The van der Waals surface area contributed by atoms with Crippen LogP contribution < -0.4 is 21.1 Å². The number of ether oxygens (including phenoxy) is 1. The SMILES string of the molecule is CNC(=O)c1sc(NC2CCC(O)CC2)c(OC)c1N. The van der Waals surface area contributed by atoms with Crippen LogP contribution in [-0.2, 0) is 0 Å². The van der Waals surface area contributed by atoms with Crippen LogP contribution in [0.5, 0.6) is 5.75 Å². The topological polar surface area (TPSA) is 96.6 Å². The van der Waals surface area contributed by atoms with Crippen LogP contribution >= 0.6 is 11.3 Å². The molecule has 5 N–H and O–H groups in total. The lowest BCUT2D eigenvalue weighted by molar-refractivity contribution is 0.0967. The minimum atomic E-state index is -0.210. The summed E-state index contributed by atoms with van der Waals surface area (Å²) in [6.45, 7) is 0. The lowest BCUT2D eigenvalue weighted by Crippen LogP contribution is -2.27. The van der Waals surface area contributed by atoms with Crippen molar-refractivity contribution in [3.05, 3.63) is 4.88 Å². The van der Waals surface area contributed by atoms with E-state index in [1.807, 2.05) is 0 Å². The predicted molar refractivity (Wildman–Crippen MR) is 80.6 cm³/mol. The molecule has 0 radical (unpaired) electrons. The first-order valence-electron chi connectivity index (χ1n) is 6.69. The van der Waals surface area contributed by atoms with Crippen LogP contribution in [0.4, 0.5) is 10.7 Å². The minimum Gasteiger partial charge on any atom is -0.492 e. The fourth-order valence-electron chi connectivity index (χ4n) is 2.41. The van der Waals surface area contributed by atoms with Gasteiger partial charge >= 0.3 is 0 Å². The summed E-state index contributed by atoms with van der Waals surface area (Å²) in [6.07, 6.45) is 3.20. The van der Waals surface area contributed by atoms with Crippen LogP contribution in [0.3, 0.4) is 0 Å². The number of carbonyl (C=O) groups is 1. The largest absolute Gasteiger partial charge is 0.492 e. The van der Waals surface area contributed by atoms with Crippen molar-refractivity contribution < 1.29 is 14.6 Å². The molecule has 1 fully saturated rings. The average Bonchev–Trinajstić information content (AvgIpc) is 2.76. The maximum atomic E-state index is 11.8. The van der Waals surface area contributed by atoms with Crippen molar-refractivity contribution in [1.29, 1.82) is 0 Å². The van der Waals surface area contributed by atoms with Crippen molar-refractivity contribution in [2.75, 3.05) is 25.2 Å². The van der Waals surface area contributed by atoms with E-state index in [0.717, 1.165) is 30.7 Å². The predicted octanol–water partition coefficient (Wildman–Crippen LogP) is 1.41. The van der Waals surface area contributed by atoms with Crippen molar-refractivity contribution in [3.63, 3.8) is 0 Å². The Balaban J connectivity index is 2.16. The van der Waals surface area contributed by atoms with Gasteiger partial charge in [0.15, 0.2) is 5.75 Å². The number of nitrogens with one attached hydrogen (secondary N) is 2. The van der Waals surface area contributed by atoms with E-state index in [0.29, 0.717) is 16.3 Å². The molecule has 0 aliphatic heterocycles. The van der Waals surface area contributed by atoms with Gasteiger partial charge < -0.3 is 26.2 Å². The Morgan fingerprint density at radius 2 is 2.05 bits per heavy atom. The average molecular weight is 299 g/mol. The van der Waals surface area contributed by atoms with Gasteiger partial charge in [-0.25, -0.2) is 0 Å². The first kappa shape index (κ1) is 14.9. The van der Waals surface area contributed by atoms with Crippen molar-refractivity contribution in [1.82, 2.24) is 5.32 Å². The molecule has 0 unspecified atom stereocenters. The van der Waals surface area contributed by atoms with Gasteiger partial charge in [-0.15, -0.1) is 11.3 Å². The van der Waals surface area contributed by atoms with E-state index in [4.69, 9.17) is 10.5 Å². The highest BCUT2D eigenvalue weighted by Gasteiger charge is 2.25. The number of hydrogen-bond donors (Lipinski definition) is 4. The molecule has 0 spiro atoms. The number of rotatable bonds is 4. The van der Waals surface area contributed by atoms with E-state index >= 15 is 0 Å². The van der Waals surface area contributed by atoms with Gasteiger partial charge in [-0.2, -0.15) is 0 Å². The van der Waals surface area contributed by atoms with Gasteiger partial charge in [0, 0.05) is 13.1 Å². The molecule has 1 aliphatic rings. The third kappa shape index (κ3) is 2.99. The summed E-state index contributed by atoms with van der Waals surface area (Å²) < 4.78 is 5.31. The number of aliphatic hydroxyl groups is 1. The van der Waals surface area contributed by atoms with Crippen molar-refractivity contribution >= 4 is 27.9 Å². The molecule has 1 amide bonds. The summed E-state index contributed by atoms with van der Waals surface area (Å²) in [5.41, 5.74) is 6.33. The lowest BCUT2D eigenvalue weighted by atomic mass is 9.93. The standard InChI is InChI=1S/C13H21N3O3S/c1-15-12(18)11-9(14)10(19-2)13(20-11)16-7-3-5-8(17)6-4-7/h7-8,16-17H,3-6,14H2,1-2H3,(H,15,18). The summed E-state index contributed by atoms with van der Waals surface area (Å²) in [4.78, 5) is 12.2. The number of nitrogens with two attached hydrogens (primary N) is 1. The molecule has 0 saturated heterocycles. The molecule has 112 valence electrons. The third-order valence-electron chi connectivity index (χ3n) is 3.57. The minimum absolute atomic E-state index is 0.190. The maximum absolute atomic E-state index is 11.8. The fraction of sp³-hybridized carbons (Fsp3) is 0.615. The molecule has 1 aromatic rings. The Morgan fingerprint density at radius 1 is 1.40 bits per heavy atom. The van der Waals surface area contributed by atoms with Gasteiger partial charge in [0.1, 0.15) is 15.6 Å². The van der Waals surface area contributed by atoms with Gasteiger partial charge in [-0.1, -0.05) is 0 Å².